The lowest BCUT2D eigenvalue weighted by molar-refractivity contribution is -0.0584. The standard InChI is InChI=1S/C8H12F3N3/c1-4-7(2,13)5(12)3-6(14-4)8(9,10)11/h3-4H,12-13H2,1-2H3. The highest BCUT2D eigenvalue weighted by atomic mass is 19.4. The van der Waals surface area contributed by atoms with Crippen LogP contribution in [0, 0.1) is 0 Å². The van der Waals surface area contributed by atoms with E-state index in [0.29, 0.717) is 0 Å². The molecule has 0 radical (unpaired) electrons. The first-order valence-electron chi connectivity index (χ1n) is 4.07. The molecule has 1 heterocycles. The number of nitrogens with two attached hydrogens (primary N) is 2. The lowest BCUT2D eigenvalue weighted by atomic mass is 9.88. The van der Waals surface area contributed by atoms with Crippen LogP contribution in [0.4, 0.5) is 13.2 Å². The van der Waals surface area contributed by atoms with Gasteiger partial charge in [-0.3, -0.25) is 4.99 Å². The summed E-state index contributed by atoms with van der Waals surface area (Å²) in [5.74, 6) is 0. The third-order valence-corrected chi connectivity index (χ3v) is 2.41. The van der Waals surface area contributed by atoms with E-state index in [2.05, 4.69) is 4.99 Å². The molecule has 2 unspecified atom stereocenters. The Kier molecular flexibility index (Phi) is 2.35. The molecule has 1 rings (SSSR count). The van der Waals surface area contributed by atoms with Gasteiger partial charge in [0, 0.05) is 5.70 Å². The maximum atomic E-state index is 12.3. The summed E-state index contributed by atoms with van der Waals surface area (Å²) in [7, 11) is 0. The second kappa shape index (κ2) is 2.98. The minimum Gasteiger partial charge on any atom is -0.400 e. The number of alkyl halides is 3. The minimum absolute atomic E-state index is 0.00678. The Morgan fingerprint density at radius 3 is 2.36 bits per heavy atom. The van der Waals surface area contributed by atoms with Crippen LogP contribution in [0.1, 0.15) is 13.8 Å². The van der Waals surface area contributed by atoms with Gasteiger partial charge in [-0.15, -0.1) is 0 Å². The van der Waals surface area contributed by atoms with Gasteiger partial charge in [0.25, 0.3) is 0 Å². The highest BCUT2D eigenvalue weighted by Gasteiger charge is 2.41. The van der Waals surface area contributed by atoms with Gasteiger partial charge in [-0.2, -0.15) is 13.2 Å². The van der Waals surface area contributed by atoms with Gasteiger partial charge in [0.05, 0.1) is 11.6 Å². The second-order valence-corrected chi connectivity index (χ2v) is 3.57. The predicted molar refractivity (Wildman–Crippen MR) is 47.8 cm³/mol. The van der Waals surface area contributed by atoms with Gasteiger partial charge in [0.1, 0.15) is 5.71 Å². The molecule has 4 N–H and O–H groups in total. The van der Waals surface area contributed by atoms with Crippen LogP contribution in [0.3, 0.4) is 0 Å². The number of halogens is 3. The summed E-state index contributed by atoms with van der Waals surface area (Å²) < 4.78 is 36.8. The van der Waals surface area contributed by atoms with Crippen LogP contribution >= 0.6 is 0 Å². The molecule has 1 aliphatic heterocycles. The van der Waals surface area contributed by atoms with E-state index in [1.165, 1.54) is 6.92 Å². The van der Waals surface area contributed by atoms with E-state index < -0.39 is 23.5 Å². The summed E-state index contributed by atoms with van der Waals surface area (Å²) in [5.41, 5.74) is 9.18. The van der Waals surface area contributed by atoms with Gasteiger partial charge in [-0.1, -0.05) is 0 Å². The van der Waals surface area contributed by atoms with Crippen molar-refractivity contribution in [3.63, 3.8) is 0 Å². The van der Waals surface area contributed by atoms with Gasteiger partial charge in [0.2, 0.25) is 0 Å². The van der Waals surface area contributed by atoms with Gasteiger partial charge in [-0.25, -0.2) is 0 Å². The molecule has 14 heavy (non-hydrogen) atoms. The van der Waals surface area contributed by atoms with Gasteiger partial charge in [-0.05, 0) is 19.9 Å². The van der Waals surface area contributed by atoms with E-state index in [1.54, 1.807) is 6.92 Å². The summed E-state index contributed by atoms with van der Waals surface area (Å²) in [6.07, 6.45) is -3.67. The molecule has 0 fully saturated rings. The average molecular weight is 207 g/mol. The molecule has 1 aliphatic rings. The van der Waals surface area contributed by atoms with E-state index in [9.17, 15) is 13.2 Å². The van der Waals surface area contributed by atoms with Crippen LogP contribution in [0.15, 0.2) is 16.8 Å². The van der Waals surface area contributed by atoms with Crippen molar-refractivity contribution in [2.75, 3.05) is 0 Å². The molecular weight excluding hydrogens is 195 g/mol. The van der Waals surface area contributed by atoms with Crippen molar-refractivity contribution in [2.24, 2.45) is 16.5 Å². The number of allylic oxidation sites excluding steroid dienone is 1. The Morgan fingerprint density at radius 1 is 1.50 bits per heavy atom. The molecule has 0 aromatic carbocycles. The van der Waals surface area contributed by atoms with Crippen molar-refractivity contribution >= 4 is 5.71 Å². The number of rotatable bonds is 0. The molecule has 0 amide bonds. The van der Waals surface area contributed by atoms with E-state index in [-0.39, 0.29) is 5.70 Å². The summed E-state index contributed by atoms with van der Waals surface area (Å²) in [6, 6.07) is -0.677. The Balaban J connectivity index is 3.09. The zero-order valence-electron chi connectivity index (χ0n) is 7.89. The fourth-order valence-corrected chi connectivity index (χ4v) is 1.08. The Labute approximate surface area is 79.7 Å². The van der Waals surface area contributed by atoms with E-state index in [1.807, 2.05) is 0 Å². The number of nitrogens with zero attached hydrogens (tertiary/aromatic N) is 1. The van der Waals surface area contributed by atoms with Crippen molar-refractivity contribution in [3.05, 3.63) is 11.8 Å². The molecule has 0 saturated carbocycles. The number of dihydropyridines is 1. The molecule has 0 aromatic heterocycles. The summed E-state index contributed by atoms with van der Waals surface area (Å²) >= 11 is 0. The molecular formula is C8H12F3N3. The van der Waals surface area contributed by atoms with Crippen LogP contribution in [0.5, 0.6) is 0 Å². The van der Waals surface area contributed by atoms with Gasteiger partial charge in [0.15, 0.2) is 0 Å². The van der Waals surface area contributed by atoms with Gasteiger partial charge < -0.3 is 11.5 Å². The first-order valence-corrected chi connectivity index (χ1v) is 4.07. The zero-order chi connectivity index (χ0) is 11.1. The molecule has 80 valence electrons. The maximum Gasteiger partial charge on any atom is 0.432 e. The zero-order valence-corrected chi connectivity index (χ0v) is 7.89. The lowest BCUT2D eigenvalue weighted by Crippen LogP contribution is -2.53. The Morgan fingerprint density at radius 2 is 2.00 bits per heavy atom. The first kappa shape index (κ1) is 11.0. The largest absolute Gasteiger partial charge is 0.432 e. The quantitative estimate of drug-likeness (QED) is 0.621. The molecule has 0 aromatic rings. The van der Waals surface area contributed by atoms with Crippen molar-refractivity contribution in [3.8, 4) is 0 Å². The van der Waals surface area contributed by atoms with Crippen LogP contribution < -0.4 is 11.5 Å². The number of aliphatic imine (C=N–C) groups is 1. The van der Waals surface area contributed by atoms with E-state index >= 15 is 0 Å². The summed E-state index contributed by atoms with van der Waals surface area (Å²) in [6.45, 7) is 3.06. The Bertz CT molecular complexity index is 301. The molecule has 6 heteroatoms. The SMILES string of the molecule is CC1N=C(C(F)(F)F)C=C(N)C1(C)N. The summed E-state index contributed by atoms with van der Waals surface area (Å²) in [5, 5.41) is 0. The topological polar surface area (TPSA) is 64.4 Å². The van der Waals surface area contributed by atoms with Gasteiger partial charge >= 0.3 is 6.18 Å². The highest BCUT2D eigenvalue weighted by molar-refractivity contribution is 6.01. The monoisotopic (exact) mass is 207 g/mol. The van der Waals surface area contributed by atoms with Crippen molar-refractivity contribution < 1.29 is 13.2 Å². The molecule has 0 bridgehead atoms. The molecule has 2 atom stereocenters. The van der Waals surface area contributed by atoms with Crippen LogP contribution in [0.25, 0.3) is 0 Å². The smallest absolute Gasteiger partial charge is 0.400 e. The summed E-state index contributed by atoms with van der Waals surface area (Å²) in [4.78, 5) is 3.47. The van der Waals surface area contributed by atoms with E-state index in [0.717, 1.165) is 6.08 Å². The third-order valence-electron chi connectivity index (χ3n) is 2.41. The fraction of sp³-hybridized carbons (Fsp3) is 0.625. The lowest BCUT2D eigenvalue weighted by Gasteiger charge is -2.33. The minimum atomic E-state index is -4.46. The molecule has 0 aliphatic carbocycles. The second-order valence-electron chi connectivity index (χ2n) is 3.57. The maximum absolute atomic E-state index is 12.3. The Hall–Kier alpha value is -1.04. The van der Waals surface area contributed by atoms with Crippen molar-refractivity contribution in [1.82, 2.24) is 0 Å². The number of hydrogen-bond donors (Lipinski definition) is 2. The molecule has 0 saturated heterocycles. The highest BCUT2D eigenvalue weighted by Crippen LogP contribution is 2.27. The fourth-order valence-electron chi connectivity index (χ4n) is 1.08. The van der Waals surface area contributed by atoms with Crippen LogP contribution in [0.2, 0.25) is 0 Å². The van der Waals surface area contributed by atoms with Crippen molar-refractivity contribution in [1.29, 1.82) is 0 Å². The van der Waals surface area contributed by atoms with Crippen LogP contribution in [-0.4, -0.2) is 23.5 Å². The van der Waals surface area contributed by atoms with Crippen LogP contribution in [-0.2, 0) is 0 Å². The van der Waals surface area contributed by atoms with E-state index in [4.69, 9.17) is 11.5 Å². The average Bonchev–Trinajstić information content (AvgIpc) is 1.98. The number of hydrogen-bond acceptors (Lipinski definition) is 3. The predicted octanol–water partition coefficient (Wildman–Crippen LogP) is 0.952. The normalized spacial score (nSPS) is 33.7. The first-order chi connectivity index (χ1) is 6.15. The molecule has 3 nitrogen and oxygen atoms in total. The third kappa shape index (κ3) is 1.75. The molecule has 0 spiro atoms. The van der Waals surface area contributed by atoms with Crippen molar-refractivity contribution in [2.45, 2.75) is 31.6 Å².